The molecule has 2 N–H and O–H groups in total. The van der Waals surface area contributed by atoms with Crippen LogP contribution in [0.15, 0.2) is 36.4 Å². The molecule has 2 rings (SSSR count). The third kappa shape index (κ3) is 3.67. The molecule has 2 aromatic rings. The van der Waals surface area contributed by atoms with Crippen LogP contribution in [0.5, 0.6) is 23.0 Å². The Kier molecular flexibility index (Phi) is 5.10. The van der Waals surface area contributed by atoms with E-state index in [9.17, 15) is 30.0 Å². The Hall–Kier alpha value is -3.42. The van der Waals surface area contributed by atoms with Crippen molar-refractivity contribution in [2.45, 2.75) is 0 Å². The zero-order valence-electron chi connectivity index (χ0n) is 12.3. The lowest BCUT2D eigenvalue weighted by Gasteiger charge is -2.22. The normalized spacial score (nSPS) is 10.2. The topological polar surface area (TPSA) is 150 Å². The van der Waals surface area contributed by atoms with Crippen LogP contribution in [0, 0.1) is 0 Å². The molecule has 8 heteroatoms. The second-order valence-corrected chi connectivity index (χ2v) is 4.78. The summed E-state index contributed by atoms with van der Waals surface area (Å²) in [6.07, 6.45) is 0. The number of nitrogens with one attached hydrogen (secondary N) is 2. The molecule has 0 fully saturated rings. The summed E-state index contributed by atoms with van der Waals surface area (Å²) in [5, 5.41) is 50.1. The van der Waals surface area contributed by atoms with E-state index in [2.05, 4.69) is 10.6 Å². The number of para-hydroxylation sites is 2. The van der Waals surface area contributed by atoms with Gasteiger partial charge in [0.25, 0.3) is 11.8 Å². The largest absolute Gasteiger partial charge is 0.873 e. The molecule has 2 aromatic carbocycles. The number of rotatable bonds is 5. The second kappa shape index (κ2) is 7.23. The summed E-state index contributed by atoms with van der Waals surface area (Å²) in [5.41, 5.74) is -0.565. The van der Waals surface area contributed by atoms with Crippen molar-refractivity contribution in [2.24, 2.45) is 0 Å². The van der Waals surface area contributed by atoms with Crippen molar-refractivity contribution in [2.75, 3.05) is 13.1 Å². The number of hydrogen-bond donors (Lipinski definition) is 2. The van der Waals surface area contributed by atoms with E-state index in [4.69, 9.17) is 0 Å². The standard InChI is InChI=1S/C16H16N2O6/c19-11-5-1-3-9(13(11)21)15(23)17-7-8-18-16(24)10-4-2-6-12(20)14(10)22/h1-6,19-22H,7-8H2,(H,17,23)(H,18,24)/p-4. The van der Waals surface area contributed by atoms with E-state index in [1.165, 1.54) is 24.3 Å². The van der Waals surface area contributed by atoms with Gasteiger partial charge in [-0.2, -0.15) is 0 Å². The fraction of sp³-hybridized carbons (Fsp3) is 0.125. The highest BCUT2D eigenvalue weighted by atomic mass is 16.3. The van der Waals surface area contributed by atoms with Crippen LogP contribution in [0.25, 0.3) is 0 Å². The van der Waals surface area contributed by atoms with E-state index in [-0.39, 0.29) is 24.2 Å². The van der Waals surface area contributed by atoms with Gasteiger partial charge in [-0.1, -0.05) is 36.4 Å². The highest BCUT2D eigenvalue weighted by Crippen LogP contribution is 2.23. The zero-order chi connectivity index (χ0) is 17.7. The SMILES string of the molecule is O=C(NCCNC(=O)c1cccc([O-])c1[O-])c1cccc([O-])c1[O-]. The van der Waals surface area contributed by atoms with E-state index < -0.39 is 34.8 Å². The van der Waals surface area contributed by atoms with Gasteiger partial charge < -0.3 is 31.1 Å². The number of benzene rings is 2. The lowest BCUT2D eigenvalue weighted by Crippen LogP contribution is -2.35. The van der Waals surface area contributed by atoms with Crippen molar-refractivity contribution in [1.82, 2.24) is 10.6 Å². The van der Waals surface area contributed by atoms with E-state index in [1.807, 2.05) is 0 Å². The van der Waals surface area contributed by atoms with Gasteiger partial charge in [0.05, 0.1) is 0 Å². The number of amides is 2. The Morgan fingerprint density at radius 3 is 1.46 bits per heavy atom. The molecule has 8 nitrogen and oxygen atoms in total. The maximum absolute atomic E-state index is 11.8. The molecule has 0 atom stereocenters. The van der Waals surface area contributed by atoms with Crippen LogP contribution in [-0.4, -0.2) is 24.9 Å². The van der Waals surface area contributed by atoms with Gasteiger partial charge in [-0.3, -0.25) is 9.59 Å². The van der Waals surface area contributed by atoms with Crippen LogP contribution in [0.2, 0.25) is 0 Å². The predicted octanol–water partition coefficient (Wildman–Crippen LogP) is -1.86. The molecule has 0 aliphatic carbocycles. The lowest BCUT2D eigenvalue weighted by atomic mass is 10.1. The Bertz CT molecular complexity index is 710. The lowest BCUT2D eigenvalue weighted by molar-refractivity contribution is -0.317. The molecule has 126 valence electrons. The Balaban J connectivity index is 1.86. The summed E-state index contributed by atoms with van der Waals surface area (Å²) in [4.78, 5) is 23.6. The van der Waals surface area contributed by atoms with Gasteiger partial charge in [-0.15, -0.1) is 23.0 Å². The van der Waals surface area contributed by atoms with E-state index >= 15 is 0 Å². The first-order valence-corrected chi connectivity index (χ1v) is 6.92. The number of hydrogen-bond acceptors (Lipinski definition) is 6. The van der Waals surface area contributed by atoms with Crippen LogP contribution < -0.4 is 31.1 Å². The smallest absolute Gasteiger partial charge is 0.250 e. The first kappa shape index (κ1) is 16.9. The van der Waals surface area contributed by atoms with E-state index in [1.54, 1.807) is 0 Å². The van der Waals surface area contributed by atoms with E-state index in [0.29, 0.717) is 0 Å². The molecule has 0 aromatic heterocycles. The molecule has 0 heterocycles. The minimum Gasteiger partial charge on any atom is -0.873 e. The zero-order valence-corrected chi connectivity index (χ0v) is 12.3. The number of carbonyl (C=O) groups excluding carboxylic acids is 2. The summed E-state index contributed by atoms with van der Waals surface area (Å²) in [7, 11) is 0. The Morgan fingerprint density at radius 2 is 1.08 bits per heavy atom. The van der Waals surface area contributed by atoms with Gasteiger partial charge in [0, 0.05) is 24.2 Å². The van der Waals surface area contributed by atoms with Crippen molar-refractivity contribution in [1.29, 1.82) is 0 Å². The van der Waals surface area contributed by atoms with Crippen molar-refractivity contribution in [3.63, 3.8) is 0 Å². The van der Waals surface area contributed by atoms with Gasteiger partial charge in [0.1, 0.15) is 0 Å². The molecule has 0 aliphatic rings. The summed E-state index contributed by atoms with van der Waals surface area (Å²) in [6, 6.07) is 7.16. The minimum atomic E-state index is -0.901. The summed E-state index contributed by atoms with van der Waals surface area (Å²) in [5.74, 6) is -4.84. The van der Waals surface area contributed by atoms with Gasteiger partial charge >= 0.3 is 0 Å². The quantitative estimate of drug-likeness (QED) is 0.614. The summed E-state index contributed by atoms with van der Waals surface area (Å²) < 4.78 is 0. The van der Waals surface area contributed by atoms with Gasteiger partial charge in [-0.25, -0.2) is 0 Å². The molecule has 0 radical (unpaired) electrons. The number of carbonyl (C=O) groups is 2. The molecule has 0 unspecified atom stereocenters. The molecular weight excluding hydrogens is 316 g/mol. The minimum absolute atomic E-state index is 0.0294. The molecule has 2 amide bonds. The van der Waals surface area contributed by atoms with Gasteiger partial charge in [0.2, 0.25) is 0 Å². The van der Waals surface area contributed by atoms with Crippen molar-refractivity contribution >= 4 is 11.8 Å². The maximum atomic E-state index is 11.8. The molecule has 0 bridgehead atoms. The third-order valence-corrected chi connectivity index (χ3v) is 3.14. The average Bonchev–Trinajstić information content (AvgIpc) is 2.56. The van der Waals surface area contributed by atoms with Crippen LogP contribution in [0.4, 0.5) is 0 Å². The predicted molar refractivity (Wildman–Crippen MR) is 75.3 cm³/mol. The fourth-order valence-electron chi connectivity index (χ4n) is 1.93. The summed E-state index contributed by atoms with van der Waals surface area (Å²) >= 11 is 0. The van der Waals surface area contributed by atoms with Gasteiger partial charge in [-0.05, 0) is 0 Å². The van der Waals surface area contributed by atoms with Crippen LogP contribution in [-0.2, 0) is 0 Å². The fourth-order valence-corrected chi connectivity index (χ4v) is 1.93. The summed E-state index contributed by atoms with van der Waals surface area (Å²) in [6.45, 7) is -0.0588. The first-order valence-electron chi connectivity index (χ1n) is 6.92. The molecular formula is C16H12N2O6-4. The van der Waals surface area contributed by atoms with E-state index in [0.717, 1.165) is 12.1 Å². The third-order valence-electron chi connectivity index (χ3n) is 3.14. The Morgan fingerprint density at radius 1 is 0.708 bits per heavy atom. The van der Waals surface area contributed by atoms with Crippen molar-refractivity contribution in [3.05, 3.63) is 47.5 Å². The van der Waals surface area contributed by atoms with Crippen molar-refractivity contribution < 1.29 is 30.0 Å². The molecule has 0 saturated heterocycles. The average molecular weight is 328 g/mol. The molecule has 24 heavy (non-hydrogen) atoms. The molecule has 0 saturated carbocycles. The van der Waals surface area contributed by atoms with Crippen molar-refractivity contribution in [3.8, 4) is 23.0 Å². The van der Waals surface area contributed by atoms with Crippen LogP contribution in [0.1, 0.15) is 20.7 Å². The van der Waals surface area contributed by atoms with Gasteiger partial charge in [0.15, 0.2) is 0 Å². The molecule has 0 spiro atoms. The molecule has 0 aliphatic heterocycles. The highest BCUT2D eigenvalue weighted by molar-refractivity contribution is 5.98. The first-order chi connectivity index (χ1) is 11.4. The highest BCUT2D eigenvalue weighted by Gasteiger charge is 2.08. The monoisotopic (exact) mass is 328 g/mol. The second-order valence-electron chi connectivity index (χ2n) is 4.78. The van der Waals surface area contributed by atoms with Crippen LogP contribution >= 0.6 is 0 Å². The van der Waals surface area contributed by atoms with Crippen LogP contribution in [0.3, 0.4) is 0 Å². The maximum Gasteiger partial charge on any atom is 0.250 e. The Labute approximate surface area is 137 Å².